The molecule has 110 valence electrons. The smallest absolute Gasteiger partial charge is 0.223 e. The Bertz CT molecular complexity index is 436. The van der Waals surface area contributed by atoms with E-state index in [-0.39, 0.29) is 12.3 Å². The van der Waals surface area contributed by atoms with Crippen LogP contribution >= 0.6 is 0 Å². The van der Waals surface area contributed by atoms with Crippen molar-refractivity contribution < 1.29 is 14.6 Å². The first-order chi connectivity index (χ1) is 9.57. The Hall–Kier alpha value is -1.55. The first kappa shape index (κ1) is 14.9. The first-order valence-corrected chi connectivity index (χ1v) is 7.26. The van der Waals surface area contributed by atoms with Gasteiger partial charge in [0, 0.05) is 0 Å². The van der Waals surface area contributed by atoms with E-state index in [0.717, 1.165) is 31.4 Å². The molecule has 4 nitrogen and oxygen atoms in total. The minimum Gasteiger partial charge on any atom is -0.492 e. The summed E-state index contributed by atoms with van der Waals surface area (Å²) >= 11 is 0. The standard InChI is InChI=1S/C16H23NO3/c1-13-4-6-14(7-5-13)20-11-10-17-15(18)12-16(19)8-2-3-9-16/h4-7,19H,2-3,8-12H2,1H3,(H,17,18). The van der Waals surface area contributed by atoms with E-state index in [2.05, 4.69) is 5.32 Å². The molecule has 0 aliphatic heterocycles. The SMILES string of the molecule is Cc1ccc(OCCNC(=O)CC2(O)CCCC2)cc1. The number of carbonyl (C=O) groups excluding carboxylic acids is 1. The summed E-state index contributed by atoms with van der Waals surface area (Å²) in [5.74, 6) is 0.709. The van der Waals surface area contributed by atoms with Crippen molar-refractivity contribution in [2.24, 2.45) is 0 Å². The van der Waals surface area contributed by atoms with E-state index in [1.165, 1.54) is 5.56 Å². The molecule has 0 unspecified atom stereocenters. The van der Waals surface area contributed by atoms with Crippen molar-refractivity contribution in [3.63, 3.8) is 0 Å². The van der Waals surface area contributed by atoms with Gasteiger partial charge in [-0.15, -0.1) is 0 Å². The second-order valence-electron chi connectivity index (χ2n) is 5.62. The highest BCUT2D eigenvalue weighted by Gasteiger charge is 2.33. The zero-order valence-corrected chi connectivity index (χ0v) is 12.0. The Morgan fingerprint density at radius 2 is 1.95 bits per heavy atom. The fourth-order valence-corrected chi connectivity index (χ4v) is 2.57. The molecule has 4 heteroatoms. The summed E-state index contributed by atoms with van der Waals surface area (Å²) in [6.07, 6.45) is 3.71. The molecule has 0 heterocycles. The number of rotatable bonds is 6. The lowest BCUT2D eigenvalue weighted by Gasteiger charge is -2.21. The lowest BCUT2D eigenvalue weighted by atomic mass is 9.98. The topological polar surface area (TPSA) is 58.6 Å². The molecular formula is C16H23NO3. The Morgan fingerprint density at radius 1 is 1.30 bits per heavy atom. The Morgan fingerprint density at radius 3 is 2.60 bits per heavy atom. The number of carbonyl (C=O) groups is 1. The summed E-state index contributed by atoms with van der Waals surface area (Å²) < 4.78 is 5.53. The van der Waals surface area contributed by atoms with Crippen LogP contribution in [0.1, 0.15) is 37.7 Å². The normalized spacial score (nSPS) is 16.9. The summed E-state index contributed by atoms with van der Waals surface area (Å²) in [5.41, 5.74) is 0.414. The van der Waals surface area contributed by atoms with Crippen LogP contribution in [0.5, 0.6) is 5.75 Å². The van der Waals surface area contributed by atoms with Crippen LogP contribution in [0.25, 0.3) is 0 Å². The molecule has 2 N–H and O–H groups in total. The van der Waals surface area contributed by atoms with Gasteiger partial charge in [-0.05, 0) is 31.9 Å². The van der Waals surface area contributed by atoms with E-state index >= 15 is 0 Å². The fourth-order valence-electron chi connectivity index (χ4n) is 2.57. The van der Waals surface area contributed by atoms with Crippen molar-refractivity contribution in [3.05, 3.63) is 29.8 Å². The summed E-state index contributed by atoms with van der Waals surface area (Å²) in [4.78, 5) is 11.7. The summed E-state index contributed by atoms with van der Waals surface area (Å²) in [6, 6.07) is 7.81. The van der Waals surface area contributed by atoms with Crippen LogP contribution in [-0.2, 0) is 4.79 Å². The first-order valence-electron chi connectivity index (χ1n) is 7.26. The minimum atomic E-state index is -0.776. The van der Waals surface area contributed by atoms with E-state index in [0.29, 0.717) is 13.2 Å². The van der Waals surface area contributed by atoms with Crippen molar-refractivity contribution >= 4 is 5.91 Å². The Labute approximate surface area is 120 Å². The van der Waals surface area contributed by atoms with Crippen molar-refractivity contribution in [3.8, 4) is 5.75 Å². The Kier molecular flexibility index (Phi) is 5.01. The van der Waals surface area contributed by atoms with Crippen molar-refractivity contribution in [2.75, 3.05) is 13.2 Å². The number of nitrogens with one attached hydrogen (secondary N) is 1. The van der Waals surface area contributed by atoms with Gasteiger partial charge in [0.2, 0.25) is 5.91 Å². The number of hydrogen-bond donors (Lipinski definition) is 2. The number of hydrogen-bond acceptors (Lipinski definition) is 3. The molecule has 1 saturated carbocycles. The van der Waals surface area contributed by atoms with Crippen LogP contribution in [0.2, 0.25) is 0 Å². The zero-order chi connectivity index (χ0) is 14.4. The van der Waals surface area contributed by atoms with Crippen molar-refractivity contribution in [1.29, 1.82) is 0 Å². The average Bonchev–Trinajstić information content (AvgIpc) is 2.83. The average molecular weight is 277 g/mol. The fraction of sp³-hybridized carbons (Fsp3) is 0.562. The van der Waals surface area contributed by atoms with Crippen LogP contribution in [0.15, 0.2) is 24.3 Å². The maximum absolute atomic E-state index is 11.7. The molecule has 2 rings (SSSR count). The third-order valence-electron chi connectivity index (χ3n) is 3.74. The quantitative estimate of drug-likeness (QED) is 0.784. The molecule has 0 radical (unpaired) electrons. The molecule has 1 aliphatic rings. The maximum atomic E-state index is 11.7. The van der Waals surface area contributed by atoms with Gasteiger partial charge in [-0.25, -0.2) is 0 Å². The van der Waals surface area contributed by atoms with Crippen LogP contribution < -0.4 is 10.1 Å². The van der Waals surface area contributed by atoms with Crippen LogP contribution in [0.3, 0.4) is 0 Å². The van der Waals surface area contributed by atoms with Crippen LogP contribution in [0.4, 0.5) is 0 Å². The molecule has 1 amide bonds. The third kappa shape index (κ3) is 4.53. The summed E-state index contributed by atoms with van der Waals surface area (Å²) in [7, 11) is 0. The molecule has 20 heavy (non-hydrogen) atoms. The van der Waals surface area contributed by atoms with Crippen LogP contribution in [0, 0.1) is 6.92 Å². The van der Waals surface area contributed by atoms with E-state index in [4.69, 9.17) is 4.74 Å². The van der Waals surface area contributed by atoms with Gasteiger partial charge in [0.15, 0.2) is 0 Å². The van der Waals surface area contributed by atoms with Gasteiger partial charge >= 0.3 is 0 Å². The van der Waals surface area contributed by atoms with Gasteiger partial charge < -0.3 is 15.2 Å². The highest BCUT2D eigenvalue weighted by molar-refractivity contribution is 5.77. The predicted molar refractivity (Wildman–Crippen MR) is 77.7 cm³/mol. The summed E-state index contributed by atoms with van der Waals surface area (Å²) in [6.45, 7) is 2.92. The van der Waals surface area contributed by atoms with E-state index in [9.17, 15) is 9.90 Å². The molecule has 1 fully saturated rings. The second kappa shape index (κ2) is 6.75. The van der Waals surface area contributed by atoms with E-state index < -0.39 is 5.60 Å². The molecule has 0 aromatic heterocycles. The molecule has 1 aliphatic carbocycles. The number of aryl methyl sites for hydroxylation is 1. The third-order valence-corrected chi connectivity index (χ3v) is 3.74. The Balaban J connectivity index is 1.63. The molecule has 1 aromatic carbocycles. The second-order valence-corrected chi connectivity index (χ2v) is 5.62. The molecule has 0 atom stereocenters. The number of aliphatic hydroxyl groups is 1. The van der Waals surface area contributed by atoms with Crippen molar-refractivity contribution in [1.82, 2.24) is 5.32 Å². The molecule has 1 aromatic rings. The largest absolute Gasteiger partial charge is 0.492 e. The van der Waals surface area contributed by atoms with Gasteiger partial charge in [0.05, 0.1) is 18.6 Å². The molecular weight excluding hydrogens is 254 g/mol. The maximum Gasteiger partial charge on any atom is 0.223 e. The highest BCUT2D eigenvalue weighted by Crippen LogP contribution is 2.32. The van der Waals surface area contributed by atoms with Gasteiger partial charge in [-0.3, -0.25) is 4.79 Å². The number of amides is 1. The van der Waals surface area contributed by atoms with Gasteiger partial charge in [0.25, 0.3) is 0 Å². The number of ether oxygens (including phenoxy) is 1. The molecule has 0 saturated heterocycles. The highest BCUT2D eigenvalue weighted by atomic mass is 16.5. The predicted octanol–water partition coefficient (Wildman–Crippen LogP) is 2.19. The number of benzene rings is 1. The van der Waals surface area contributed by atoms with Gasteiger partial charge in [0.1, 0.15) is 12.4 Å². The summed E-state index contributed by atoms with van der Waals surface area (Å²) in [5, 5.41) is 12.9. The lowest BCUT2D eigenvalue weighted by molar-refractivity contribution is -0.126. The van der Waals surface area contributed by atoms with Crippen molar-refractivity contribution in [2.45, 2.75) is 44.6 Å². The van der Waals surface area contributed by atoms with Crippen LogP contribution in [-0.4, -0.2) is 29.8 Å². The van der Waals surface area contributed by atoms with E-state index in [1.807, 2.05) is 31.2 Å². The van der Waals surface area contributed by atoms with E-state index in [1.54, 1.807) is 0 Å². The molecule has 0 spiro atoms. The van der Waals surface area contributed by atoms with Gasteiger partial charge in [-0.2, -0.15) is 0 Å². The minimum absolute atomic E-state index is 0.0955. The monoisotopic (exact) mass is 277 g/mol. The lowest BCUT2D eigenvalue weighted by Crippen LogP contribution is -2.36. The molecule has 0 bridgehead atoms. The zero-order valence-electron chi connectivity index (χ0n) is 12.0. The van der Waals surface area contributed by atoms with Gasteiger partial charge in [-0.1, -0.05) is 30.5 Å².